The number of rotatable bonds is 5. The average molecular weight is 430 g/mol. The van der Waals surface area contributed by atoms with Crippen LogP contribution in [0.1, 0.15) is 50.0 Å². The van der Waals surface area contributed by atoms with Gasteiger partial charge in [0.05, 0.1) is 28.5 Å². The first kappa shape index (κ1) is 20.2. The molecule has 0 spiro atoms. The van der Waals surface area contributed by atoms with Gasteiger partial charge in [-0.25, -0.2) is 9.97 Å². The van der Waals surface area contributed by atoms with Crippen LogP contribution >= 0.6 is 11.3 Å². The Kier molecular flexibility index (Phi) is 5.38. The Hall–Kier alpha value is -3.07. The van der Waals surface area contributed by atoms with E-state index in [1.54, 1.807) is 24.7 Å². The number of thiazole rings is 1. The number of nitrogens with one attached hydrogen (secondary N) is 1. The summed E-state index contributed by atoms with van der Waals surface area (Å²) in [6.07, 6.45) is 1.82. The number of benzene rings is 1. The predicted molar refractivity (Wildman–Crippen MR) is 108 cm³/mol. The van der Waals surface area contributed by atoms with Gasteiger partial charge in [0.1, 0.15) is 5.69 Å². The normalized spacial score (nSPS) is 13.9. The molecule has 0 aliphatic carbocycles. The number of aromatic nitrogens is 2. The zero-order chi connectivity index (χ0) is 21.3. The van der Waals surface area contributed by atoms with Gasteiger partial charge < -0.3 is 5.32 Å². The summed E-state index contributed by atoms with van der Waals surface area (Å²) >= 11 is 1.41. The number of nitrogens with zero attached hydrogens (tertiary/aromatic N) is 3. The molecule has 0 fully saturated rings. The maximum Gasteiger partial charge on any atom is 0.416 e. The number of hydrogen-bond donors (Lipinski definition) is 1. The summed E-state index contributed by atoms with van der Waals surface area (Å²) in [5, 5.41) is 3.67. The lowest BCUT2D eigenvalue weighted by Crippen LogP contribution is -2.27. The van der Waals surface area contributed by atoms with E-state index in [0.717, 1.165) is 38.8 Å². The van der Waals surface area contributed by atoms with E-state index >= 15 is 0 Å². The highest BCUT2D eigenvalue weighted by Crippen LogP contribution is 2.30. The molecule has 4 rings (SSSR count). The third-order valence-electron chi connectivity index (χ3n) is 4.72. The minimum atomic E-state index is -4.35. The molecule has 3 aromatic rings. The van der Waals surface area contributed by atoms with Crippen molar-refractivity contribution in [1.29, 1.82) is 0 Å². The molecule has 0 radical (unpaired) electrons. The molecule has 1 atom stereocenters. The second kappa shape index (κ2) is 7.98. The monoisotopic (exact) mass is 430 g/mol. The number of aliphatic imine (C=N–C) groups is 1. The predicted octanol–water partition coefficient (Wildman–Crippen LogP) is 4.90. The Morgan fingerprint density at radius 2 is 1.97 bits per heavy atom. The molecule has 1 amide bonds. The first-order valence-corrected chi connectivity index (χ1v) is 10.0. The van der Waals surface area contributed by atoms with Crippen LogP contribution in [0.5, 0.6) is 0 Å². The lowest BCUT2D eigenvalue weighted by atomic mass is 10.1. The molecule has 1 unspecified atom stereocenters. The zero-order valence-corrected chi connectivity index (χ0v) is 16.7. The van der Waals surface area contributed by atoms with Gasteiger partial charge in [0, 0.05) is 30.1 Å². The molecule has 1 aliphatic rings. The third-order valence-corrected chi connectivity index (χ3v) is 5.90. The summed E-state index contributed by atoms with van der Waals surface area (Å²) < 4.78 is 38.0. The minimum Gasteiger partial charge on any atom is -0.343 e. The maximum absolute atomic E-state index is 12.7. The summed E-state index contributed by atoms with van der Waals surface area (Å²) in [6, 6.07) is 6.52. The van der Waals surface area contributed by atoms with Crippen molar-refractivity contribution in [3.8, 4) is 0 Å². The smallest absolute Gasteiger partial charge is 0.343 e. The molecule has 1 N–H and O–H groups in total. The lowest BCUT2D eigenvalue weighted by molar-refractivity contribution is -0.137. The van der Waals surface area contributed by atoms with E-state index in [2.05, 4.69) is 20.3 Å². The van der Waals surface area contributed by atoms with Gasteiger partial charge >= 0.3 is 6.18 Å². The highest BCUT2D eigenvalue weighted by atomic mass is 32.1. The van der Waals surface area contributed by atoms with Crippen molar-refractivity contribution < 1.29 is 18.0 Å². The van der Waals surface area contributed by atoms with E-state index in [1.807, 2.05) is 6.92 Å². The second-order valence-corrected chi connectivity index (χ2v) is 8.08. The molecule has 0 bridgehead atoms. The summed E-state index contributed by atoms with van der Waals surface area (Å²) in [7, 11) is 0. The van der Waals surface area contributed by atoms with Crippen LogP contribution in [0.25, 0.3) is 0 Å². The van der Waals surface area contributed by atoms with Crippen LogP contribution in [0.2, 0.25) is 0 Å². The Bertz CT molecular complexity index is 1110. The summed E-state index contributed by atoms with van der Waals surface area (Å²) in [6.45, 7) is 1.85. The fourth-order valence-corrected chi connectivity index (χ4v) is 4.03. The van der Waals surface area contributed by atoms with Crippen molar-refractivity contribution in [1.82, 2.24) is 15.3 Å². The number of pyridine rings is 1. The van der Waals surface area contributed by atoms with Crippen LogP contribution in [0.3, 0.4) is 0 Å². The van der Waals surface area contributed by atoms with Crippen LogP contribution in [-0.4, -0.2) is 22.1 Å². The molecule has 0 saturated heterocycles. The van der Waals surface area contributed by atoms with Crippen molar-refractivity contribution in [2.24, 2.45) is 4.99 Å². The van der Waals surface area contributed by atoms with E-state index in [-0.39, 0.29) is 11.9 Å². The minimum absolute atomic E-state index is 0.275. The van der Waals surface area contributed by atoms with Gasteiger partial charge in [0.25, 0.3) is 5.91 Å². The maximum atomic E-state index is 12.7. The third kappa shape index (κ3) is 4.40. The van der Waals surface area contributed by atoms with Crippen LogP contribution in [0.4, 0.5) is 18.9 Å². The van der Waals surface area contributed by atoms with Crippen molar-refractivity contribution in [3.05, 3.63) is 75.0 Å². The van der Waals surface area contributed by atoms with Crippen LogP contribution in [0, 0.1) is 0 Å². The largest absolute Gasteiger partial charge is 0.416 e. The molecular weight excluding hydrogens is 413 g/mol. The summed E-state index contributed by atoms with van der Waals surface area (Å²) in [4.78, 5) is 26.1. The number of carbonyl (C=O) groups excluding carboxylic acids is 1. The Balaban J connectivity index is 1.39. The standard InChI is InChI=1S/C21H17F3N4OS/c1-12(28-20(29)16-9-14-6-7-25-17(14)10-26-16)18-11-27-19(30-18)8-13-2-4-15(5-3-13)21(22,23)24/h2-5,7,9-12H,6,8H2,1H3,(H,28,29). The van der Waals surface area contributed by atoms with E-state index in [0.29, 0.717) is 18.5 Å². The van der Waals surface area contributed by atoms with Gasteiger partial charge in [-0.3, -0.25) is 9.79 Å². The molecule has 1 aliphatic heterocycles. The van der Waals surface area contributed by atoms with Crippen molar-refractivity contribution >= 4 is 29.1 Å². The molecule has 5 nitrogen and oxygen atoms in total. The second-order valence-electron chi connectivity index (χ2n) is 6.94. The Labute approximate surface area is 174 Å². The Morgan fingerprint density at radius 1 is 1.20 bits per heavy atom. The number of halogens is 3. The molecule has 0 saturated carbocycles. The number of amides is 1. The number of hydrogen-bond acceptors (Lipinski definition) is 5. The van der Waals surface area contributed by atoms with Gasteiger partial charge in [-0.15, -0.1) is 11.3 Å². The quantitative estimate of drug-likeness (QED) is 0.626. The van der Waals surface area contributed by atoms with Crippen LogP contribution in [0.15, 0.2) is 47.7 Å². The number of alkyl halides is 3. The topological polar surface area (TPSA) is 67.2 Å². The van der Waals surface area contributed by atoms with Gasteiger partial charge in [0.15, 0.2) is 0 Å². The first-order chi connectivity index (χ1) is 14.3. The fourth-order valence-electron chi connectivity index (χ4n) is 3.07. The van der Waals surface area contributed by atoms with E-state index in [4.69, 9.17) is 0 Å². The van der Waals surface area contributed by atoms with Gasteiger partial charge in [-0.05, 0) is 36.2 Å². The van der Waals surface area contributed by atoms with Crippen LogP contribution < -0.4 is 5.32 Å². The van der Waals surface area contributed by atoms with Crippen molar-refractivity contribution in [2.45, 2.75) is 32.0 Å². The molecule has 3 heterocycles. The highest BCUT2D eigenvalue weighted by Gasteiger charge is 2.30. The molecule has 9 heteroatoms. The van der Waals surface area contributed by atoms with Crippen molar-refractivity contribution in [3.63, 3.8) is 0 Å². The molecular formula is C21H17F3N4OS. The van der Waals surface area contributed by atoms with Crippen LogP contribution in [-0.2, 0) is 19.0 Å². The van der Waals surface area contributed by atoms with E-state index in [1.165, 1.54) is 23.5 Å². The fraction of sp³-hybridized carbons (Fsp3) is 0.238. The van der Waals surface area contributed by atoms with E-state index < -0.39 is 11.7 Å². The van der Waals surface area contributed by atoms with Gasteiger partial charge in [0.2, 0.25) is 0 Å². The first-order valence-electron chi connectivity index (χ1n) is 9.22. The van der Waals surface area contributed by atoms with Crippen molar-refractivity contribution in [2.75, 3.05) is 0 Å². The SMILES string of the molecule is CC(NC(=O)c1cc2c(cn1)N=CC2)c1cnc(Cc2ccc(C(F)(F)F)cc2)s1. The molecule has 30 heavy (non-hydrogen) atoms. The molecule has 1 aromatic carbocycles. The van der Waals surface area contributed by atoms with Gasteiger partial charge in [-0.1, -0.05) is 12.1 Å². The zero-order valence-electron chi connectivity index (χ0n) is 15.9. The highest BCUT2D eigenvalue weighted by molar-refractivity contribution is 7.11. The summed E-state index contributed by atoms with van der Waals surface area (Å²) in [5.74, 6) is -0.283. The summed E-state index contributed by atoms with van der Waals surface area (Å²) in [5.41, 5.74) is 2.16. The van der Waals surface area contributed by atoms with Gasteiger partial charge in [-0.2, -0.15) is 13.2 Å². The Morgan fingerprint density at radius 3 is 2.70 bits per heavy atom. The molecule has 154 valence electrons. The number of carbonyl (C=O) groups is 1. The average Bonchev–Trinajstić information content (AvgIpc) is 3.36. The number of fused-ring (bicyclic) bond motifs is 1. The van der Waals surface area contributed by atoms with E-state index in [9.17, 15) is 18.0 Å². The molecule has 2 aromatic heterocycles. The lowest BCUT2D eigenvalue weighted by Gasteiger charge is -2.11.